The molecule has 1 aliphatic carbocycles. The van der Waals surface area contributed by atoms with Crippen LogP contribution in [0.1, 0.15) is 48.9 Å². The molecular weight excluding hydrogens is 406 g/mol. The third kappa shape index (κ3) is 3.34. The molecule has 32 heavy (non-hydrogen) atoms. The van der Waals surface area contributed by atoms with Crippen molar-refractivity contribution in [1.29, 1.82) is 0 Å². The Kier molecular flexibility index (Phi) is 4.95. The first kappa shape index (κ1) is 20.6. The number of aryl methyl sites for hydroxylation is 1. The molecule has 1 N–H and O–H groups in total. The maximum atomic E-state index is 13.2. The molecule has 3 heterocycles. The Balaban J connectivity index is 1.40. The summed E-state index contributed by atoms with van der Waals surface area (Å²) in [6.45, 7) is 6.80. The maximum absolute atomic E-state index is 13.2. The van der Waals surface area contributed by atoms with Crippen molar-refractivity contribution in [2.75, 3.05) is 13.1 Å². The minimum absolute atomic E-state index is 0.0585. The van der Waals surface area contributed by atoms with Gasteiger partial charge in [0.15, 0.2) is 5.82 Å². The summed E-state index contributed by atoms with van der Waals surface area (Å²) < 4.78 is 5.61. The van der Waals surface area contributed by atoms with E-state index in [9.17, 15) is 9.59 Å². The van der Waals surface area contributed by atoms with E-state index in [1.807, 2.05) is 49.1 Å². The third-order valence-electron chi connectivity index (χ3n) is 6.86. The first-order chi connectivity index (χ1) is 15.4. The SMILES string of the molecule is Cc1noc([C@]23C[C@H](NC(=O)c4nccc5ccccc45)C[C@H]2CN(C(=O)C(C)C)C3)n1. The summed E-state index contributed by atoms with van der Waals surface area (Å²) in [5.41, 5.74) is -0.00453. The molecule has 2 fully saturated rings. The van der Waals surface area contributed by atoms with Gasteiger partial charge in [-0.05, 0) is 37.1 Å². The molecule has 8 heteroatoms. The van der Waals surface area contributed by atoms with Crippen LogP contribution in [-0.2, 0) is 10.2 Å². The number of amides is 2. The number of carbonyl (C=O) groups is 2. The summed E-state index contributed by atoms with van der Waals surface area (Å²) in [7, 11) is 0. The van der Waals surface area contributed by atoms with Crippen LogP contribution in [0.3, 0.4) is 0 Å². The first-order valence-electron chi connectivity index (χ1n) is 11.1. The normalized spacial score (nSPS) is 24.8. The van der Waals surface area contributed by atoms with Crippen LogP contribution in [0, 0.1) is 18.8 Å². The molecule has 2 aromatic heterocycles. The van der Waals surface area contributed by atoms with Crippen LogP contribution in [-0.4, -0.2) is 51.0 Å². The predicted octanol–water partition coefficient (Wildman–Crippen LogP) is 2.87. The Morgan fingerprint density at radius 1 is 1.25 bits per heavy atom. The lowest BCUT2D eigenvalue weighted by Gasteiger charge is -2.26. The second kappa shape index (κ2) is 7.69. The van der Waals surface area contributed by atoms with Gasteiger partial charge in [-0.15, -0.1) is 0 Å². The largest absolute Gasteiger partial charge is 0.348 e. The monoisotopic (exact) mass is 433 g/mol. The van der Waals surface area contributed by atoms with Crippen LogP contribution < -0.4 is 5.32 Å². The van der Waals surface area contributed by atoms with Crippen molar-refractivity contribution in [3.05, 3.63) is 53.9 Å². The van der Waals surface area contributed by atoms with Gasteiger partial charge in [-0.1, -0.05) is 43.3 Å². The highest BCUT2D eigenvalue weighted by atomic mass is 16.5. The molecule has 1 aromatic carbocycles. The van der Waals surface area contributed by atoms with Crippen LogP contribution in [0.25, 0.3) is 10.8 Å². The number of pyridine rings is 1. The first-order valence-corrected chi connectivity index (χ1v) is 11.1. The standard InChI is InChI=1S/C24H27N5O3/c1-14(2)22(31)29-12-17-10-18(11-24(17,13-29)23-26-15(3)28-32-23)27-21(30)20-19-7-5-4-6-16(19)8-9-25-20/h4-9,14,17-18H,10-13H2,1-3H3,(H,27,30)/t17-,18+,24-/m0/s1. The molecular formula is C24H27N5O3. The lowest BCUT2D eigenvalue weighted by molar-refractivity contribution is -0.133. The number of nitrogens with one attached hydrogen (secondary N) is 1. The fourth-order valence-corrected chi connectivity index (χ4v) is 5.40. The maximum Gasteiger partial charge on any atom is 0.270 e. The predicted molar refractivity (Wildman–Crippen MR) is 118 cm³/mol. The Labute approximate surface area is 186 Å². The van der Waals surface area contributed by atoms with E-state index in [-0.39, 0.29) is 29.7 Å². The molecule has 8 nitrogen and oxygen atoms in total. The summed E-state index contributed by atoms with van der Waals surface area (Å²) in [6, 6.07) is 9.59. The van der Waals surface area contributed by atoms with Crippen LogP contribution in [0.4, 0.5) is 0 Å². The third-order valence-corrected chi connectivity index (χ3v) is 6.86. The van der Waals surface area contributed by atoms with E-state index < -0.39 is 5.41 Å². The lowest BCUT2D eigenvalue weighted by Crippen LogP contribution is -2.40. The number of hydrogen-bond donors (Lipinski definition) is 1. The molecule has 166 valence electrons. The molecule has 0 bridgehead atoms. The van der Waals surface area contributed by atoms with Gasteiger partial charge >= 0.3 is 0 Å². The summed E-state index contributed by atoms with van der Waals surface area (Å²) >= 11 is 0. The highest BCUT2D eigenvalue weighted by Gasteiger charge is 2.58. The van der Waals surface area contributed by atoms with Crippen molar-refractivity contribution >= 4 is 22.6 Å². The number of benzene rings is 1. The van der Waals surface area contributed by atoms with E-state index in [0.29, 0.717) is 36.9 Å². The molecule has 1 saturated carbocycles. The van der Waals surface area contributed by atoms with Gasteiger partial charge in [0.1, 0.15) is 5.69 Å². The molecule has 2 aliphatic rings. The van der Waals surface area contributed by atoms with Crippen molar-refractivity contribution in [2.24, 2.45) is 11.8 Å². The summed E-state index contributed by atoms with van der Waals surface area (Å²) in [5.74, 6) is 1.18. The minimum Gasteiger partial charge on any atom is -0.348 e. The van der Waals surface area contributed by atoms with Gasteiger partial charge in [0.2, 0.25) is 11.8 Å². The number of fused-ring (bicyclic) bond motifs is 2. The van der Waals surface area contributed by atoms with Crippen LogP contribution in [0.15, 0.2) is 41.1 Å². The summed E-state index contributed by atoms with van der Waals surface area (Å²) in [4.78, 5) is 36.7. The van der Waals surface area contributed by atoms with Gasteiger partial charge in [-0.25, -0.2) is 0 Å². The fraction of sp³-hybridized carbons (Fsp3) is 0.458. The number of hydrogen-bond acceptors (Lipinski definition) is 6. The number of carbonyl (C=O) groups excluding carboxylic acids is 2. The van der Waals surface area contributed by atoms with Crippen LogP contribution >= 0.6 is 0 Å². The van der Waals surface area contributed by atoms with Crippen LogP contribution in [0.5, 0.6) is 0 Å². The van der Waals surface area contributed by atoms with Crippen molar-refractivity contribution in [3.8, 4) is 0 Å². The Morgan fingerprint density at radius 2 is 2.06 bits per heavy atom. The van der Waals surface area contributed by atoms with E-state index in [2.05, 4.69) is 20.4 Å². The number of nitrogens with zero attached hydrogens (tertiary/aromatic N) is 4. The van der Waals surface area contributed by atoms with Crippen molar-refractivity contribution in [3.63, 3.8) is 0 Å². The minimum atomic E-state index is -0.435. The average molecular weight is 434 g/mol. The highest BCUT2D eigenvalue weighted by Crippen LogP contribution is 2.50. The van der Waals surface area contributed by atoms with Gasteiger partial charge in [-0.3, -0.25) is 14.6 Å². The van der Waals surface area contributed by atoms with Gasteiger partial charge in [-0.2, -0.15) is 4.98 Å². The zero-order valence-corrected chi connectivity index (χ0v) is 18.5. The second-order valence-corrected chi connectivity index (χ2v) is 9.36. The molecule has 5 rings (SSSR count). The molecule has 0 spiro atoms. The van der Waals surface area contributed by atoms with Crippen LogP contribution in [0.2, 0.25) is 0 Å². The van der Waals surface area contributed by atoms with E-state index in [1.54, 1.807) is 13.1 Å². The van der Waals surface area contributed by atoms with Crippen molar-refractivity contribution in [1.82, 2.24) is 25.3 Å². The van der Waals surface area contributed by atoms with Crippen molar-refractivity contribution in [2.45, 2.75) is 45.1 Å². The molecule has 0 unspecified atom stereocenters. The van der Waals surface area contributed by atoms with E-state index in [0.717, 1.165) is 17.2 Å². The second-order valence-electron chi connectivity index (χ2n) is 9.36. The summed E-state index contributed by atoms with van der Waals surface area (Å²) in [5, 5.41) is 9.01. The fourth-order valence-electron chi connectivity index (χ4n) is 5.40. The molecule has 3 aromatic rings. The van der Waals surface area contributed by atoms with E-state index in [1.165, 1.54) is 0 Å². The van der Waals surface area contributed by atoms with Gasteiger partial charge in [0.05, 0.1) is 5.41 Å². The summed E-state index contributed by atoms with van der Waals surface area (Å²) in [6.07, 6.45) is 3.07. The highest BCUT2D eigenvalue weighted by molar-refractivity contribution is 6.05. The number of likely N-dealkylation sites (tertiary alicyclic amines) is 1. The quantitative estimate of drug-likeness (QED) is 0.679. The smallest absolute Gasteiger partial charge is 0.270 e. The van der Waals surface area contributed by atoms with Crippen molar-refractivity contribution < 1.29 is 14.1 Å². The molecule has 1 saturated heterocycles. The Morgan fingerprint density at radius 3 is 2.81 bits per heavy atom. The zero-order chi connectivity index (χ0) is 22.5. The van der Waals surface area contributed by atoms with Gasteiger partial charge < -0.3 is 14.7 Å². The van der Waals surface area contributed by atoms with E-state index >= 15 is 0 Å². The molecule has 3 atom stereocenters. The zero-order valence-electron chi connectivity index (χ0n) is 18.5. The molecule has 1 aliphatic heterocycles. The number of rotatable bonds is 4. The molecule has 0 radical (unpaired) electrons. The molecule has 2 amide bonds. The van der Waals surface area contributed by atoms with E-state index in [4.69, 9.17) is 4.52 Å². The van der Waals surface area contributed by atoms with Gasteiger partial charge in [0, 0.05) is 36.6 Å². The lowest BCUT2D eigenvalue weighted by atomic mass is 9.80. The Hall–Kier alpha value is -3.29. The number of aromatic nitrogens is 3. The average Bonchev–Trinajstić information content (AvgIpc) is 3.45. The van der Waals surface area contributed by atoms with Gasteiger partial charge in [0.25, 0.3) is 5.91 Å². The topological polar surface area (TPSA) is 101 Å². The Bertz CT molecular complexity index is 1180.